The van der Waals surface area contributed by atoms with Crippen molar-refractivity contribution in [3.63, 3.8) is 0 Å². The van der Waals surface area contributed by atoms with Gasteiger partial charge in [0.15, 0.2) is 0 Å². The molecule has 4 nitrogen and oxygen atoms in total. The first-order valence-corrected chi connectivity index (χ1v) is 7.33. The molecule has 1 aliphatic heterocycles. The number of allylic oxidation sites excluding steroid dienone is 1. The Morgan fingerprint density at radius 1 is 1.04 bits per heavy atom. The van der Waals surface area contributed by atoms with E-state index in [1.807, 2.05) is 55.5 Å². The van der Waals surface area contributed by atoms with Crippen molar-refractivity contribution in [1.29, 1.82) is 0 Å². The highest BCUT2D eigenvalue weighted by Gasteiger charge is 2.16. The normalized spacial score (nSPS) is 14.4. The summed E-state index contributed by atoms with van der Waals surface area (Å²) in [5.74, 6) is 0.212. The van der Waals surface area contributed by atoms with Crippen LogP contribution in [0.1, 0.15) is 16.8 Å². The Balaban J connectivity index is 1.73. The van der Waals surface area contributed by atoms with Crippen LogP contribution in [0.3, 0.4) is 0 Å². The largest absolute Gasteiger partial charge is 0.479 e. The summed E-state index contributed by atoms with van der Waals surface area (Å²) in [5, 5.41) is 10.0. The summed E-state index contributed by atoms with van der Waals surface area (Å²) in [4.78, 5) is 8.74. The van der Waals surface area contributed by atoms with Gasteiger partial charge in [-0.2, -0.15) is 0 Å². The van der Waals surface area contributed by atoms with E-state index in [0.717, 1.165) is 28.0 Å². The van der Waals surface area contributed by atoms with Crippen molar-refractivity contribution < 1.29 is 9.52 Å². The molecule has 4 rings (SSSR count). The monoisotopic (exact) mass is 302 g/mol. The van der Waals surface area contributed by atoms with E-state index >= 15 is 0 Å². The molecule has 1 aliphatic rings. The van der Waals surface area contributed by atoms with Gasteiger partial charge in [-0.3, -0.25) is 4.99 Å². The number of benzene rings is 2. The van der Waals surface area contributed by atoms with E-state index in [1.54, 1.807) is 12.3 Å². The summed E-state index contributed by atoms with van der Waals surface area (Å²) in [7, 11) is 0. The molecule has 0 atom stereocenters. The predicted octanol–water partition coefficient (Wildman–Crippen LogP) is 4.61. The molecule has 0 radical (unpaired) electrons. The van der Waals surface area contributed by atoms with Crippen molar-refractivity contribution in [3.05, 3.63) is 65.4 Å². The Bertz CT molecular complexity index is 934. The average molecular weight is 302 g/mol. The summed E-state index contributed by atoms with van der Waals surface area (Å²) < 4.78 is 5.39. The van der Waals surface area contributed by atoms with E-state index in [0.29, 0.717) is 11.6 Å². The number of para-hydroxylation sites is 1. The van der Waals surface area contributed by atoms with Crippen molar-refractivity contribution in [2.75, 3.05) is 0 Å². The zero-order valence-electron chi connectivity index (χ0n) is 12.5. The van der Waals surface area contributed by atoms with Gasteiger partial charge in [0.05, 0.1) is 5.69 Å². The van der Waals surface area contributed by atoms with Crippen LogP contribution in [0.15, 0.2) is 57.9 Å². The topological polar surface area (TPSA) is 58.6 Å². The third-order valence-corrected chi connectivity index (χ3v) is 3.78. The van der Waals surface area contributed by atoms with Gasteiger partial charge in [0.25, 0.3) is 0 Å². The lowest BCUT2D eigenvalue weighted by atomic mass is 10.1. The fraction of sp³-hybridized carbons (Fsp3) is 0.0526. The third-order valence-electron chi connectivity index (χ3n) is 3.78. The summed E-state index contributed by atoms with van der Waals surface area (Å²) in [6.07, 6.45) is 3.55. The molecule has 0 spiro atoms. The van der Waals surface area contributed by atoms with Crippen molar-refractivity contribution >= 4 is 23.6 Å². The Morgan fingerprint density at radius 3 is 2.65 bits per heavy atom. The summed E-state index contributed by atoms with van der Waals surface area (Å²) in [5.41, 5.74) is 5.23. The molecule has 3 aromatic rings. The minimum absolute atomic E-state index is 0.189. The molecular formula is C19H14N2O2. The molecule has 2 aromatic carbocycles. The van der Waals surface area contributed by atoms with E-state index < -0.39 is 0 Å². The van der Waals surface area contributed by atoms with Gasteiger partial charge in [0.1, 0.15) is 5.69 Å². The molecule has 1 aromatic heterocycles. The molecule has 0 unspecified atom stereocenters. The molecule has 0 bridgehead atoms. The molecule has 0 saturated carbocycles. The number of aryl methyl sites for hydroxylation is 1. The average Bonchev–Trinajstić information content (AvgIpc) is 3.13. The van der Waals surface area contributed by atoms with Gasteiger partial charge in [0.2, 0.25) is 5.89 Å². The maximum atomic E-state index is 10.0. The van der Waals surface area contributed by atoms with Crippen LogP contribution in [0.4, 0.5) is 5.69 Å². The van der Waals surface area contributed by atoms with Crippen molar-refractivity contribution in [1.82, 2.24) is 4.98 Å². The molecule has 0 aliphatic carbocycles. The second kappa shape index (κ2) is 5.25. The van der Waals surface area contributed by atoms with Crippen molar-refractivity contribution in [2.24, 2.45) is 4.99 Å². The summed E-state index contributed by atoms with van der Waals surface area (Å²) >= 11 is 0. The van der Waals surface area contributed by atoms with Crippen LogP contribution in [0, 0.1) is 6.92 Å². The summed E-state index contributed by atoms with van der Waals surface area (Å²) in [6.45, 7) is 2.02. The molecule has 0 saturated heterocycles. The predicted molar refractivity (Wildman–Crippen MR) is 90.8 cm³/mol. The van der Waals surface area contributed by atoms with Gasteiger partial charge in [-0.15, -0.1) is 0 Å². The van der Waals surface area contributed by atoms with Crippen LogP contribution in [0.5, 0.6) is 5.95 Å². The van der Waals surface area contributed by atoms with E-state index in [9.17, 15) is 5.11 Å². The Morgan fingerprint density at radius 2 is 1.83 bits per heavy atom. The number of hydrogen-bond acceptors (Lipinski definition) is 4. The lowest BCUT2D eigenvalue weighted by molar-refractivity contribution is 0.336. The maximum absolute atomic E-state index is 10.0. The van der Waals surface area contributed by atoms with Gasteiger partial charge in [0, 0.05) is 22.9 Å². The fourth-order valence-corrected chi connectivity index (χ4v) is 2.54. The molecule has 4 heteroatoms. The zero-order valence-corrected chi connectivity index (χ0v) is 12.5. The van der Waals surface area contributed by atoms with Gasteiger partial charge >= 0.3 is 5.95 Å². The number of aromatic nitrogens is 1. The smallest absolute Gasteiger partial charge is 0.310 e. The van der Waals surface area contributed by atoms with E-state index in [2.05, 4.69) is 9.98 Å². The molecule has 0 fully saturated rings. The molecule has 1 N–H and O–H groups in total. The highest BCUT2D eigenvalue weighted by Crippen LogP contribution is 2.34. The van der Waals surface area contributed by atoms with Crippen LogP contribution in [0.25, 0.3) is 23.1 Å². The summed E-state index contributed by atoms with van der Waals surface area (Å²) in [6, 6.07) is 15.7. The lowest BCUT2D eigenvalue weighted by Crippen LogP contribution is -1.82. The number of fused-ring (bicyclic) bond motifs is 1. The minimum Gasteiger partial charge on any atom is -0.479 e. The van der Waals surface area contributed by atoms with E-state index in [1.165, 1.54) is 0 Å². The van der Waals surface area contributed by atoms with Crippen LogP contribution in [0.2, 0.25) is 0 Å². The second-order valence-corrected chi connectivity index (χ2v) is 5.45. The zero-order chi connectivity index (χ0) is 15.8. The minimum atomic E-state index is -0.189. The quantitative estimate of drug-likeness (QED) is 0.752. The SMILES string of the molecule is Cc1ccc(-c2nc(/C=C3\C=Nc4ccccc43)c(O)o2)cc1. The van der Waals surface area contributed by atoms with Gasteiger partial charge < -0.3 is 9.52 Å². The number of oxazole rings is 1. The Kier molecular flexibility index (Phi) is 3.08. The van der Waals surface area contributed by atoms with Gasteiger partial charge in [-0.05, 0) is 31.2 Å². The van der Waals surface area contributed by atoms with Crippen LogP contribution >= 0.6 is 0 Å². The Labute approximate surface area is 133 Å². The van der Waals surface area contributed by atoms with Crippen molar-refractivity contribution in [3.8, 4) is 17.4 Å². The van der Waals surface area contributed by atoms with Gasteiger partial charge in [-0.25, -0.2) is 4.98 Å². The molecule has 112 valence electrons. The first kappa shape index (κ1) is 13.5. The standard InChI is InChI=1S/C19H14N2O2/c1-12-6-8-13(9-7-12)18-21-17(19(22)23-18)10-14-11-20-16-5-3-2-4-15(14)16/h2-11,22H,1H3/b14-10+. The van der Waals surface area contributed by atoms with E-state index in [-0.39, 0.29) is 5.95 Å². The third kappa shape index (κ3) is 2.44. The highest BCUT2D eigenvalue weighted by molar-refractivity contribution is 6.21. The Hall–Kier alpha value is -3.14. The maximum Gasteiger partial charge on any atom is 0.310 e. The fourth-order valence-electron chi connectivity index (χ4n) is 2.54. The number of aliphatic imine (C=N–C) groups is 1. The number of hydrogen-bond donors (Lipinski definition) is 1. The molecule has 2 heterocycles. The van der Waals surface area contributed by atoms with Crippen molar-refractivity contribution in [2.45, 2.75) is 6.92 Å². The molecular weight excluding hydrogens is 288 g/mol. The second-order valence-electron chi connectivity index (χ2n) is 5.45. The molecule has 0 amide bonds. The number of rotatable bonds is 2. The van der Waals surface area contributed by atoms with E-state index in [4.69, 9.17) is 4.42 Å². The van der Waals surface area contributed by atoms with Crippen LogP contribution in [-0.2, 0) is 0 Å². The lowest BCUT2D eigenvalue weighted by Gasteiger charge is -1.97. The highest BCUT2D eigenvalue weighted by atomic mass is 16.5. The van der Waals surface area contributed by atoms with Gasteiger partial charge in [-0.1, -0.05) is 35.9 Å². The molecule has 23 heavy (non-hydrogen) atoms. The van der Waals surface area contributed by atoms with Crippen LogP contribution < -0.4 is 0 Å². The first-order valence-electron chi connectivity index (χ1n) is 7.33. The number of nitrogens with zero attached hydrogens (tertiary/aromatic N) is 2. The first-order chi connectivity index (χ1) is 11.2. The number of aromatic hydroxyl groups is 1. The van der Waals surface area contributed by atoms with Crippen LogP contribution in [-0.4, -0.2) is 16.3 Å².